The van der Waals surface area contributed by atoms with Crippen molar-refractivity contribution in [3.05, 3.63) is 59.2 Å². The van der Waals surface area contributed by atoms with Gasteiger partial charge in [-0.15, -0.1) is 0 Å². The van der Waals surface area contributed by atoms with Gasteiger partial charge in [-0.2, -0.15) is 0 Å². The lowest BCUT2D eigenvalue weighted by Crippen LogP contribution is -2.45. The van der Waals surface area contributed by atoms with Gasteiger partial charge >= 0.3 is 0 Å². The van der Waals surface area contributed by atoms with E-state index in [0.29, 0.717) is 24.7 Å². The molecule has 2 aliphatic heterocycles. The molecule has 0 aliphatic carbocycles. The number of ether oxygens (including phenoxy) is 2. The summed E-state index contributed by atoms with van der Waals surface area (Å²) in [6, 6.07) is 15.3. The van der Waals surface area contributed by atoms with Crippen LogP contribution < -0.4 is 9.47 Å². The number of ketones is 1. The van der Waals surface area contributed by atoms with Gasteiger partial charge in [0.15, 0.2) is 11.5 Å². The maximum absolute atomic E-state index is 12.7. The van der Waals surface area contributed by atoms with Crippen molar-refractivity contribution in [3.8, 4) is 11.5 Å². The van der Waals surface area contributed by atoms with Gasteiger partial charge in [0.2, 0.25) is 0 Å². The van der Waals surface area contributed by atoms with E-state index in [4.69, 9.17) is 9.47 Å². The lowest BCUT2D eigenvalue weighted by molar-refractivity contribution is -0.125. The summed E-state index contributed by atoms with van der Waals surface area (Å²) in [7, 11) is 3.35. The highest BCUT2D eigenvalue weighted by Crippen LogP contribution is 2.42. The minimum atomic E-state index is 0.152. The van der Waals surface area contributed by atoms with E-state index >= 15 is 0 Å². The van der Waals surface area contributed by atoms with Gasteiger partial charge in [-0.3, -0.25) is 9.69 Å². The molecule has 0 spiro atoms. The standard InChI is InChI=1S/C24H29NO3/c1-27-23-13-18-9-6-12-25-19(11-10-17-7-4-3-5-8-17)14-20(26)15-22(25)21(18)16-24(23)28-2/h3-5,7-8,13,16,19,22H,6,9-12,14-15H2,1-2H3/t19-,22+/m0/s1. The summed E-state index contributed by atoms with van der Waals surface area (Å²) in [4.78, 5) is 15.2. The lowest BCUT2D eigenvalue weighted by atomic mass is 9.86. The average molecular weight is 380 g/mol. The summed E-state index contributed by atoms with van der Waals surface area (Å²) in [6.45, 7) is 1.04. The molecule has 2 atom stereocenters. The molecule has 4 heteroatoms. The molecule has 0 aromatic heterocycles. The van der Waals surface area contributed by atoms with Gasteiger partial charge in [-0.1, -0.05) is 30.3 Å². The Morgan fingerprint density at radius 3 is 2.54 bits per heavy atom. The van der Waals surface area contributed by atoms with Gasteiger partial charge < -0.3 is 9.47 Å². The number of carbonyl (C=O) groups excluding carboxylic acids is 1. The Morgan fingerprint density at radius 2 is 1.79 bits per heavy atom. The first-order valence-electron chi connectivity index (χ1n) is 10.3. The molecule has 0 bridgehead atoms. The van der Waals surface area contributed by atoms with E-state index in [9.17, 15) is 4.79 Å². The van der Waals surface area contributed by atoms with Crippen LogP contribution in [0.15, 0.2) is 42.5 Å². The molecular weight excluding hydrogens is 350 g/mol. The van der Waals surface area contributed by atoms with Crippen molar-refractivity contribution in [3.63, 3.8) is 0 Å². The predicted molar refractivity (Wildman–Crippen MR) is 110 cm³/mol. The van der Waals surface area contributed by atoms with Crippen molar-refractivity contribution in [2.75, 3.05) is 20.8 Å². The topological polar surface area (TPSA) is 38.8 Å². The second kappa shape index (κ2) is 8.36. The van der Waals surface area contributed by atoms with Gasteiger partial charge in [0, 0.05) is 24.9 Å². The van der Waals surface area contributed by atoms with E-state index in [0.717, 1.165) is 43.7 Å². The van der Waals surface area contributed by atoms with Gasteiger partial charge in [-0.25, -0.2) is 0 Å². The highest BCUT2D eigenvalue weighted by molar-refractivity contribution is 5.81. The van der Waals surface area contributed by atoms with E-state index in [2.05, 4.69) is 47.4 Å². The van der Waals surface area contributed by atoms with Crippen LogP contribution in [0.5, 0.6) is 11.5 Å². The van der Waals surface area contributed by atoms with E-state index in [1.54, 1.807) is 14.2 Å². The van der Waals surface area contributed by atoms with E-state index < -0.39 is 0 Å². The van der Waals surface area contributed by atoms with Crippen molar-refractivity contribution in [1.29, 1.82) is 0 Å². The zero-order valence-electron chi connectivity index (χ0n) is 16.8. The highest BCUT2D eigenvalue weighted by atomic mass is 16.5. The van der Waals surface area contributed by atoms with Crippen LogP contribution in [0.2, 0.25) is 0 Å². The number of hydrogen-bond donors (Lipinski definition) is 0. The van der Waals surface area contributed by atoms with Crippen LogP contribution in [-0.4, -0.2) is 37.5 Å². The number of aryl methyl sites for hydroxylation is 2. The van der Waals surface area contributed by atoms with Crippen molar-refractivity contribution in [1.82, 2.24) is 4.90 Å². The quantitative estimate of drug-likeness (QED) is 0.774. The zero-order chi connectivity index (χ0) is 19.5. The molecular formula is C24H29NO3. The summed E-state index contributed by atoms with van der Waals surface area (Å²) in [5, 5.41) is 0. The van der Waals surface area contributed by atoms with Gasteiger partial charge in [0.05, 0.1) is 14.2 Å². The Kier molecular flexibility index (Phi) is 5.67. The molecule has 0 amide bonds. The van der Waals surface area contributed by atoms with Crippen LogP contribution >= 0.6 is 0 Å². The van der Waals surface area contributed by atoms with Crippen molar-refractivity contribution >= 4 is 5.78 Å². The third kappa shape index (κ3) is 3.79. The molecule has 4 nitrogen and oxygen atoms in total. The summed E-state index contributed by atoms with van der Waals surface area (Å²) >= 11 is 0. The number of methoxy groups -OCH3 is 2. The van der Waals surface area contributed by atoms with Crippen molar-refractivity contribution < 1.29 is 14.3 Å². The lowest BCUT2D eigenvalue weighted by Gasteiger charge is -2.41. The van der Waals surface area contributed by atoms with Gasteiger partial charge in [0.1, 0.15) is 5.78 Å². The van der Waals surface area contributed by atoms with E-state index in [1.807, 2.05) is 0 Å². The SMILES string of the molecule is COc1cc2c(cc1OC)[C@H]1CC(=O)C[C@H](CCc3ccccc3)N1CCC2. The molecule has 4 rings (SSSR count). The maximum Gasteiger partial charge on any atom is 0.161 e. The summed E-state index contributed by atoms with van der Waals surface area (Å²) in [5.74, 6) is 1.90. The molecule has 0 radical (unpaired) electrons. The fourth-order valence-corrected chi connectivity index (χ4v) is 4.84. The second-order valence-corrected chi connectivity index (χ2v) is 7.89. The number of hydrogen-bond acceptors (Lipinski definition) is 4. The first-order valence-corrected chi connectivity index (χ1v) is 10.3. The Morgan fingerprint density at radius 1 is 1.04 bits per heavy atom. The molecule has 2 aromatic rings. The Labute approximate surface area is 167 Å². The summed E-state index contributed by atoms with van der Waals surface area (Å²) < 4.78 is 11.1. The van der Waals surface area contributed by atoms with Crippen molar-refractivity contribution in [2.45, 2.75) is 50.6 Å². The number of benzene rings is 2. The Hall–Kier alpha value is -2.33. The number of fused-ring (bicyclic) bond motifs is 3. The minimum absolute atomic E-state index is 0.152. The number of piperidine rings is 1. The van der Waals surface area contributed by atoms with E-state index in [1.165, 1.54) is 16.7 Å². The smallest absolute Gasteiger partial charge is 0.161 e. The minimum Gasteiger partial charge on any atom is -0.493 e. The predicted octanol–water partition coefficient (Wildman–Crippen LogP) is 4.36. The molecule has 0 unspecified atom stereocenters. The van der Waals surface area contributed by atoms with E-state index in [-0.39, 0.29) is 6.04 Å². The Balaban J connectivity index is 1.62. The molecule has 2 aliphatic rings. The molecule has 1 saturated heterocycles. The summed E-state index contributed by atoms with van der Waals surface area (Å²) in [6.07, 6.45) is 5.43. The van der Waals surface area contributed by atoms with Gasteiger partial charge in [0.25, 0.3) is 0 Å². The highest BCUT2D eigenvalue weighted by Gasteiger charge is 2.37. The number of carbonyl (C=O) groups is 1. The molecule has 2 heterocycles. The molecule has 28 heavy (non-hydrogen) atoms. The number of Topliss-reactive ketones (excluding diaryl/α,β-unsaturated/α-hetero) is 1. The second-order valence-electron chi connectivity index (χ2n) is 7.89. The van der Waals surface area contributed by atoms with Crippen LogP contribution in [0.25, 0.3) is 0 Å². The monoisotopic (exact) mass is 379 g/mol. The number of rotatable bonds is 5. The third-order valence-electron chi connectivity index (χ3n) is 6.23. The molecule has 1 fully saturated rings. The third-order valence-corrected chi connectivity index (χ3v) is 6.23. The van der Waals surface area contributed by atoms with Crippen LogP contribution in [0.1, 0.15) is 48.4 Å². The fraction of sp³-hybridized carbons (Fsp3) is 0.458. The maximum atomic E-state index is 12.7. The Bertz CT molecular complexity index is 833. The van der Waals surface area contributed by atoms with Crippen LogP contribution in [0.4, 0.5) is 0 Å². The van der Waals surface area contributed by atoms with Crippen LogP contribution in [0.3, 0.4) is 0 Å². The first-order chi connectivity index (χ1) is 13.7. The van der Waals surface area contributed by atoms with Crippen LogP contribution in [-0.2, 0) is 17.6 Å². The summed E-state index contributed by atoms with van der Waals surface area (Å²) in [5.41, 5.74) is 3.88. The fourth-order valence-electron chi connectivity index (χ4n) is 4.84. The normalized spacial score (nSPS) is 22.1. The molecule has 0 saturated carbocycles. The van der Waals surface area contributed by atoms with Gasteiger partial charge in [-0.05, 0) is 61.1 Å². The largest absolute Gasteiger partial charge is 0.493 e. The average Bonchev–Trinajstić information content (AvgIpc) is 2.90. The molecule has 148 valence electrons. The molecule has 0 N–H and O–H groups in total. The first kappa shape index (κ1) is 19.0. The number of nitrogens with zero attached hydrogens (tertiary/aromatic N) is 1. The molecule has 2 aromatic carbocycles. The van der Waals surface area contributed by atoms with Crippen molar-refractivity contribution in [2.24, 2.45) is 0 Å². The zero-order valence-corrected chi connectivity index (χ0v) is 16.8. The van der Waals surface area contributed by atoms with Crippen LogP contribution in [0, 0.1) is 0 Å².